The van der Waals surface area contributed by atoms with Gasteiger partial charge >= 0.3 is 0 Å². The standard InChI is InChI=1S/C17H27FN2/c1-3-7-15-9-4-5-11-20(15)17-14(12-13(2)19)8-6-10-16(17)18/h6,8,10,13,15H,3-5,7,9,11-12,19H2,1-2H3. The summed E-state index contributed by atoms with van der Waals surface area (Å²) in [4.78, 5) is 2.31. The Balaban J connectivity index is 2.33. The van der Waals surface area contributed by atoms with Crippen LogP contribution in [-0.2, 0) is 6.42 Å². The SMILES string of the molecule is CCCC1CCCCN1c1c(F)cccc1CC(C)N. The molecule has 1 saturated heterocycles. The van der Waals surface area contributed by atoms with Crippen molar-refractivity contribution in [1.29, 1.82) is 0 Å². The zero-order valence-corrected chi connectivity index (χ0v) is 12.7. The van der Waals surface area contributed by atoms with Crippen LogP contribution < -0.4 is 10.6 Å². The van der Waals surface area contributed by atoms with Crippen LogP contribution in [0.3, 0.4) is 0 Å². The molecule has 2 N–H and O–H groups in total. The number of benzene rings is 1. The summed E-state index contributed by atoms with van der Waals surface area (Å²) in [5, 5.41) is 0. The highest BCUT2D eigenvalue weighted by Crippen LogP contribution is 2.32. The Morgan fingerprint density at radius 3 is 2.90 bits per heavy atom. The summed E-state index contributed by atoms with van der Waals surface area (Å²) >= 11 is 0. The molecule has 2 nitrogen and oxygen atoms in total. The molecule has 3 heteroatoms. The van der Waals surface area contributed by atoms with Crippen molar-refractivity contribution in [3.05, 3.63) is 29.6 Å². The Kier molecular flexibility index (Phi) is 5.41. The van der Waals surface area contributed by atoms with E-state index in [1.54, 1.807) is 12.1 Å². The first-order valence-electron chi connectivity index (χ1n) is 7.93. The van der Waals surface area contributed by atoms with E-state index in [1.807, 2.05) is 13.0 Å². The lowest BCUT2D eigenvalue weighted by Gasteiger charge is -2.39. The first kappa shape index (κ1) is 15.3. The lowest BCUT2D eigenvalue weighted by atomic mass is 9.95. The van der Waals surface area contributed by atoms with E-state index in [9.17, 15) is 4.39 Å². The molecule has 20 heavy (non-hydrogen) atoms. The summed E-state index contributed by atoms with van der Waals surface area (Å²) < 4.78 is 14.4. The smallest absolute Gasteiger partial charge is 0.146 e. The molecule has 0 amide bonds. The molecule has 1 aliphatic heterocycles. The van der Waals surface area contributed by atoms with Crippen molar-refractivity contribution in [1.82, 2.24) is 0 Å². The van der Waals surface area contributed by atoms with Gasteiger partial charge in [-0.25, -0.2) is 4.39 Å². The predicted molar refractivity (Wildman–Crippen MR) is 83.6 cm³/mol. The summed E-state index contributed by atoms with van der Waals surface area (Å²) in [5.41, 5.74) is 7.79. The molecule has 0 radical (unpaired) electrons. The lowest BCUT2D eigenvalue weighted by Crippen LogP contribution is -2.41. The normalized spacial score (nSPS) is 21.0. The molecular weight excluding hydrogens is 251 g/mol. The fourth-order valence-electron chi connectivity index (χ4n) is 3.32. The zero-order chi connectivity index (χ0) is 14.5. The molecule has 1 aliphatic rings. The average molecular weight is 278 g/mol. The monoisotopic (exact) mass is 278 g/mol. The van der Waals surface area contributed by atoms with Crippen molar-refractivity contribution < 1.29 is 4.39 Å². The molecule has 0 bridgehead atoms. The van der Waals surface area contributed by atoms with Crippen molar-refractivity contribution in [2.75, 3.05) is 11.4 Å². The van der Waals surface area contributed by atoms with Crippen LogP contribution in [0.5, 0.6) is 0 Å². The number of nitrogens with zero attached hydrogens (tertiary/aromatic N) is 1. The molecular formula is C17H27FN2. The maximum absolute atomic E-state index is 14.4. The lowest BCUT2D eigenvalue weighted by molar-refractivity contribution is 0.427. The van der Waals surface area contributed by atoms with Gasteiger partial charge in [-0.2, -0.15) is 0 Å². The molecule has 2 rings (SSSR count). The molecule has 1 fully saturated rings. The molecule has 2 unspecified atom stereocenters. The van der Waals surface area contributed by atoms with Crippen molar-refractivity contribution >= 4 is 5.69 Å². The number of hydrogen-bond acceptors (Lipinski definition) is 2. The third-order valence-corrected chi connectivity index (χ3v) is 4.15. The van der Waals surface area contributed by atoms with Crippen LogP contribution in [0.1, 0.15) is 51.5 Å². The Morgan fingerprint density at radius 2 is 2.20 bits per heavy atom. The predicted octanol–water partition coefficient (Wildman–Crippen LogP) is 3.87. The fraction of sp³-hybridized carbons (Fsp3) is 0.647. The number of nitrogens with two attached hydrogens (primary N) is 1. The van der Waals surface area contributed by atoms with Crippen LogP contribution in [0.15, 0.2) is 18.2 Å². The van der Waals surface area contributed by atoms with Gasteiger partial charge in [-0.15, -0.1) is 0 Å². The van der Waals surface area contributed by atoms with Gasteiger partial charge in [-0.1, -0.05) is 25.5 Å². The largest absolute Gasteiger partial charge is 0.366 e. The van der Waals surface area contributed by atoms with E-state index < -0.39 is 0 Å². The third-order valence-electron chi connectivity index (χ3n) is 4.15. The number of hydrogen-bond donors (Lipinski definition) is 1. The summed E-state index contributed by atoms with van der Waals surface area (Å²) in [7, 11) is 0. The van der Waals surface area contributed by atoms with E-state index in [4.69, 9.17) is 5.73 Å². The van der Waals surface area contributed by atoms with Crippen LogP contribution in [0.2, 0.25) is 0 Å². The Bertz CT molecular complexity index is 429. The minimum atomic E-state index is -0.0915. The maximum Gasteiger partial charge on any atom is 0.146 e. The van der Waals surface area contributed by atoms with Crippen LogP contribution in [0.4, 0.5) is 10.1 Å². The topological polar surface area (TPSA) is 29.3 Å². The van der Waals surface area contributed by atoms with Gasteiger partial charge < -0.3 is 10.6 Å². The van der Waals surface area contributed by atoms with Crippen molar-refractivity contribution in [3.8, 4) is 0 Å². The van der Waals surface area contributed by atoms with Gasteiger partial charge in [0.25, 0.3) is 0 Å². The highest BCUT2D eigenvalue weighted by Gasteiger charge is 2.26. The molecule has 0 saturated carbocycles. The van der Waals surface area contributed by atoms with Gasteiger partial charge in [-0.3, -0.25) is 0 Å². The van der Waals surface area contributed by atoms with Crippen molar-refractivity contribution in [2.24, 2.45) is 5.73 Å². The van der Waals surface area contributed by atoms with Crippen LogP contribution in [0.25, 0.3) is 0 Å². The Hall–Kier alpha value is -1.09. The van der Waals surface area contributed by atoms with E-state index in [-0.39, 0.29) is 11.9 Å². The van der Waals surface area contributed by atoms with Gasteiger partial charge in [0.2, 0.25) is 0 Å². The van der Waals surface area contributed by atoms with Gasteiger partial charge in [0.05, 0.1) is 5.69 Å². The summed E-state index contributed by atoms with van der Waals surface area (Å²) in [6, 6.07) is 5.95. The second-order valence-corrected chi connectivity index (χ2v) is 6.06. The van der Waals surface area contributed by atoms with Crippen LogP contribution >= 0.6 is 0 Å². The van der Waals surface area contributed by atoms with E-state index in [1.165, 1.54) is 12.8 Å². The highest BCUT2D eigenvalue weighted by atomic mass is 19.1. The molecule has 2 atom stereocenters. The number of halogens is 1. The molecule has 0 spiro atoms. The maximum atomic E-state index is 14.4. The molecule has 1 aromatic carbocycles. The molecule has 0 aliphatic carbocycles. The van der Waals surface area contributed by atoms with Gasteiger partial charge in [0, 0.05) is 18.6 Å². The Morgan fingerprint density at radius 1 is 1.40 bits per heavy atom. The van der Waals surface area contributed by atoms with E-state index >= 15 is 0 Å². The first-order valence-corrected chi connectivity index (χ1v) is 7.93. The van der Waals surface area contributed by atoms with E-state index in [0.717, 1.165) is 43.5 Å². The summed E-state index contributed by atoms with van der Waals surface area (Å²) in [5.74, 6) is -0.0915. The zero-order valence-electron chi connectivity index (χ0n) is 12.7. The minimum Gasteiger partial charge on any atom is -0.366 e. The quantitative estimate of drug-likeness (QED) is 0.885. The second-order valence-electron chi connectivity index (χ2n) is 6.06. The summed E-state index contributed by atoms with van der Waals surface area (Å²) in [6.45, 7) is 5.16. The van der Waals surface area contributed by atoms with Gasteiger partial charge in [0.15, 0.2) is 0 Å². The van der Waals surface area contributed by atoms with Crippen molar-refractivity contribution in [3.63, 3.8) is 0 Å². The van der Waals surface area contributed by atoms with Gasteiger partial charge in [0.1, 0.15) is 5.82 Å². The van der Waals surface area contributed by atoms with Gasteiger partial charge in [-0.05, 0) is 50.7 Å². The number of rotatable bonds is 5. The molecule has 0 aromatic heterocycles. The third kappa shape index (κ3) is 3.51. The number of anilines is 1. The van der Waals surface area contributed by atoms with Crippen LogP contribution in [0, 0.1) is 5.82 Å². The molecule has 1 aromatic rings. The fourth-order valence-corrected chi connectivity index (χ4v) is 3.32. The van der Waals surface area contributed by atoms with Crippen molar-refractivity contribution in [2.45, 2.75) is 64.5 Å². The van der Waals surface area contributed by atoms with E-state index in [2.05, 4.69) is 11.8 Å². The van der Waals surface area contributed by atoms with E-state index in [0.29, 0.717) is 6.04 Å². The van der Waals surface area contributed by atoms with Crippen LogP contribution in [-0.4, -0.2) is 18.6 Å². The second kappa shape index (κ2) is 7.07. The first-order chi connectivity index (χ1) is 9.63. The molecule has 1 heterocycles. The molecule has 112 valence electrons. The number of para-hydroxylation sites is 1. The average Bonchev–Trinajstić information content (AvgIpc) is 2.40. The minimum absolute atomic E-state index is 0.0602. The Labute approximate surface area is 122 Å². The highest BCUT2D eigenvalue weighted by molar-refractivity contribution is 5.56. The number of piperidine rings is 1. The summed E-state index contributed by atoms with van der Waals surface area (Å²) in [6.07, 6.45) is 6.64.